The molecule has 0 aliphatic carbocycles. The highest BCUT2D eigenvalue weighted by atomic mass is 32.2. The Kier molecular flexibility index (Phi) is 3.93. The lowest BCUT2D eigenvalue weighted by Crippen LogP contribution is -2.45. The zero-order valence-corrected chi connectivity index (χ0v) is 11.9. The minimum Gasteiger partial charge on any atom is -0.378 e. The predicted molar refractivity (Wildman–Crippen MR) is 79.3 cm³/mol. The molecule has 1 aromatic carbocycles. The summed E-state index contributed by atoms with van der Waals surface area (Å²) in [6.07, 6.45) is 0. The number of thioether (sulfide) groups is 1. The van der Waals surface area contributed by atoms with Gasteiger partial charge in [0.2, 0.25) is 11.8 Å². The highest BCUT2D eigenvalue weighted by Crippen LogP contribution is 2.32. The zero-order valence-electron chi connectivity index (χ0n) is 11.1. The number of hydrogen-bond acceptors (Lipinski definition) is 5. The van der Waals surface area contributed by atoms with Gasteiger partial charge in [0.05, 0.1) is 36.1 Å². The molecule has 2 heterocycles. The van der Waals surface area contributed by atoms with Crippen molar-refractivity contribution in [3.05, 3.63) is 24.3 Å². The average molecular weight is 292 g/mol. The Balaban J connectivity index is 1.96. The molecule has 2 fully saturated rings. The summed E-state index contributed by atoms with van der Waals surface area (Å²) >= 11 is 1.38. The molecule has 0 spiro atoms. The van der Waals surface area contributed by atoms with Crippen LogP contribution in [0.4, 0.5) is 11.4 Å². The molecule has 3 rings (SSSR count). The van der Waals surface area contributed by atoms with Gasteiger partial charge >= 0.3 is 0 Å². The van der Waals surface area contributed by atoms with Crippen LogP contribution in [0.25, 0.3) is 0 Å². The first-order valence-electron chi connectivity index (χ1n) is 6.62. The summed E-state index contributed by atoms with van der Waals surface area (Å²) in [5.41, 5.74) is 1.63. The minimum absolute atomic E-state index is 0.132. The Morgan fingerprint density at radius 2 is 1.55 bits per heavy atom. The van der Waals surface area contributed by atoms with Crippen LogP contribution >= 0.6 is 11.8 Å². The molecule has 0 saturated carbocycles. The molecular formula is C14H16N2O3S. The first-order valence-corrected chi connectivity index (χ1v) is 7.78. The molecule has 2 saturated heterocycles. The zero-order chi connectivity index (χ0) is 13.9. The second-order valence-electron chi connectivity index (χ2n) is 4.70. The SMILES string of the molecule is O=C1CSCC(=O)N1c1ccccc1N1CCOCC1. The summed E-state index contributed by atoms with van der Waals surface area (Å²) in [5.74, 6) is 0.464. The van der Waals surface area contributed by atoms with Gasteiger partial charge in [-0.2, -0.15) is 0 Å². The maximum absolute atomic E-state index is 12.1. The van der Waals surface area contributed by atoms with Gasteiger partial charge in [-0.3, -0.25) is 9.59 Å². The van der Waals surface area contributed by atoms with Crippen LogP contribution in [0.2, 0.25) is 0 Å². The van der Waals surface area contributed by atoms with Crippen molar-refractivity contribution in [3.63, 3.8) is 0 Å². The third-order valence-electron chi connectivity index (χ3n) is 3.42. The molecule has 5 nitrogen and oxygen atoms in total. The van der Waals surface area contributed by atoms with Gasteiger partial charge in [0.1, 0.15) is 0 Å². The molecular weight excluding hydrogens is 276 g/mol. The number of anilines is 2. The summed E-state index contributed by atoms with van der Waals surface area (Å²) in [6, 6.07) is 7.60. The third kappa shape index (κ3) is 2.53. The largest absolute Gasteiger partial charge is 0.378 e. The van der Waals surface area contributed by atoms with Crippen molar-refractivity contribution >= 4 is 35.0 Å². The van der Waals surface area contributed by atoms with Crippen LogP contribution in [0, 0.1) is 0 Å². The Hall–Kier alpha value is -1.53. The number of rotatable bonds is 2. The molecule has 106 valence electrons. The summed E-state index contributed by atoms with van der Waals surface area (Å²) < 4.78 is 5.36. The summed E-state index contributed by atoms with van der Waals surface area (Å²) in [5, 5.41) is 0. The number of nitrogens with zero attached hydrogens (tertiary/aromatic N) is 2. The quantitative estimate of drug-likeness (QED) is 0.765. The summed E-state index contributed by atoms with van der Waals surface area (Å²) in [6.45, 7) is 2.90. The number of para-hydroxylation sites is 2. The van der Waals surface area contributed by atoms with Crippen LogP contribution in [-0.2, 0) is 14.3 Å². The van der Waals surface area contributed by atoms with Gasteiger partial charge < -0.3 is 9.64 Å². The van der Waals surface area contributed by atoms with Gasteiger partial charge in [-0.25, -0.2) is 4.90 Å². The minimum atomic E-state index is -0.132. The van der Waals surface area contributed by atoms with E-state index in [0.717, 1.165) is 18.8 Å². The molecule has 6 heteroatoms. The van der Waals surface area contributed by atoms with E-state index in [4.69, 9.17) is 4.74 Å². The van der Waals surface area contributed by atoms with E-state index in [9.17, 15) is 9.59 Å². The highest BCUT2D eigenvalue weighted by Gasteiger charge is 2.30. The normalized spacial score (nSPS) is 20.4. The van der Waals surface area contributed by atoms with Gasteiger partial charge in [0.25, 0.3) is 0 Å². The van der Waals surface area contributed by atoms with Gasteiger partial charge in [-0.15, -0.1) is 11.8 Å². The fraction of sp³-hybridized carbons (Fsp3) is 0.429. The van der Waals surface area contributed by atoms with Gasteiger partial charge in [0, 0.05) is 13.1 Å². The number of hydrogen-bond donors (Lipinski definition) is 0. The maximum atomic E-state index is 12.1. The summed E-state index contributed by atoms with van der Waals surface area (Å²) in [4.78, 5) is 27.7. The molecule has 2 amide bonds. The topological polar surface area (TPSA) is 49.9 Å². The van der Waals surface area contributed by atoms with Crippen LogP contribution in [0.3, 0.4) is 0 Å². The predicted octanol–water partition coefficient (Wildman–Crippen LogP) is 1.13. The second kappa shape index (κ2) is 5.85. The number of ether oxygens (including phenoxy) is 1. The first-order chi connectivity index (χ1) is 9.77. The van der Waals surface area contributed by atoms with Crippen LogP contribution in [0.5, 0.6) is 0 Å². The molecule has 0 radical (unpaired) electrons. The first kappa shape index (κ1) is 13.5. The van der Waals surface area contributed by atoms with Gasteiger partial charge in [-0.05, 0) is 12.1 Å². The van der Waals surface area contributed by atoms with Crippen molar-refractivity contribution < 1.29 is 14.3 Å². The van der Waals surface area contributed by atoms with Crippen molar-refractivity contribution in [2.45, 2.75) is 0 Å². The standard InChI is InChI=1S/C14H16N2O3S/c17-13-9-20-10-14(18)16(13)12-4-2-1-3-11(12)15-5-7-19-8-6-15/h1-4H,5-10H2. The third-order valence-corrected chi connectivity index (χ3v) is 4.33. The van der Waals surface area contributed by atoms with Crippen molar-refractivity contribution in [1.82, 2.24) is 0 Å². The fourth-order valence-corrected chi connectivity index (χ4v) is 3.20. The maximum Gasteiger partial charge on any atom is 0.243 e. The fourth-order valence-electron chi connectivity index (χ4n) is 2.49. The van der Waals surface area contributed by atoms with Crippen LogP contribution in [0.1, 0.15) is 0 Å². The van der Waals surface area contributed by atoms with Crippen molar-refractivity contribution in [1.29, 1.82) is 0 Å². The van der Waals surface area contributed by atoms with E-state index in [0.29, 0.717) is 30.4 Å². The molecule has 20 heavy (non-hydrogen) atoms. The van der Waals surface area contributed by atoms with E-state index in [1.807, 2.05) is 24.3 Å². The lowest BCUT2D eigenvalue weighted by Gasteiger charge is -2.33. The number of benzene rings is 1. The average Bonchev–Trinajstić information content (AvgIpc) is 2.48. The Labute approximate surface area is 121 Å². The van der Waals surface area contributed by atoms with Gasteiger partial charge in [0.15, 0.2) is 0 Å². The molecule has 0 aromatic heterocycles. The van der Waals surface area contributed by atoms with E-state index in [1.165, 1.54) is 16.7 Å². The number of imide groups is 1. The summed E-state index contributed by atoms with van der Waals surface area (Å²) in [7, 11) is 0. The van der Waals surface area contributed by atoms with E-state index in [2.05, 4.69) is 4.90 Å². The molecule has 1 aromatic rings. The molecule has 0 unspecified atom stereocenters. The second-order valence-corrected chi connectivity index (χ2v) is 5.69. The molecule has 0 bridgehead atoms. The highest BCUT2D eigenvalue weighted by molar-refractivity contribution is 8.00. The van der Waals surface area contributed by atoms with E-state index in [1.54, 1.807) is 0 Å². The van der Waals surface area contributed by atoms with Crippen LogP contribution < -0.4 is 9.80 Å². The van der Waals surface area contributed by atoms with Crippen molar-refractivity contribution in [2.75, 3.05) is 47.6 Å². The number of carbonyl (C=O) groups excluding carboxylic acids is 2. The van der Waals surface area contributed by atoms with Crippen LogP contribution in [-0.4, -0.2) is 49.6 Å². The van der Waals surface area contributed by atoms with Crippen LogP contribution in [0.15, 0.2) is 24.3 Å². The van der Waals surface area contributed by atoms with E-state index >= 15 is 0 Å². The van der Waals surface area contributed by atoms with E-state index < -0.39 is 0 Å². The molecule has 2 aliphatic heterocycles. The van der Waals surface area contributed by atoms with Crippen molar-refractivity contribution in [3.8, 4) is 0 Å². The van der Waals surface area contributed by atoms with Crippen molar-refractivity contribution in [2.24, 2.45) is 0 Å². The Morgan fingerprint density at radius 3 is 2.20 bits per heavy atom. The molecule has 0 atom stereocenters. The Bertz CT molecular complexity index is 513. The van der Waals surface area contributed by atoms with Gasteiger partial charge in [-0.1, -0.05) is 12.1 Å². The lowest BCUT2D eigenvalue weighted by molar-refractivity contribution is -0.124. The number of carbonyl (C=O) groups is 2. The molecule has 2 aliphatic rings. The smallest absolute Gasteiger partial charge is 0.243 e. The number of morpholine rings is 1. The monoisotopic (exact) mass is 292 g/mol. The Morgan fingerprint density at radius 1 is 0.950 bits per heavy atom. The lowest BCUT2D eigenvalue weighted by atomic mass is 10.2. The van der Waals surface area contributed by atoms with E-state index in [-0.39, 0.29) is 11.8 Å². The number of amides is 2. The molecule has 0 N–H and O–H groups in total.